The van der Waals surface area contributed by atoms with Gasteiger partial charge in [-0.15, -0.1) is 0 Å². The predicted molar refractivity (Wildman–Crippen MR) is 159 cm³/mol. The molecule has 3 aromatic carbocycles. The highest BCUT2D eigenvalue weighted by Gasteiger charge is 2.36. The molecule has 13 heteroatoms. The van der Waals surface area contributed by atoms with Gasteiger partial charge < -0.3 is 10.2 Å². The van der Waals surface area contributed by atoms with Gasteiger partial charge in [-0.1, -0.05) is 66.4 Å². The van der Waals surface area contributed by atoms with Crippen molar-refractivity contribution in [2.24, 2.45) is 0 Å². The van der Waals surface area contributed by atoms with Gasteiger partial charge in [0.05, 0.1) is 21.2 Å². The molecule has 4 rings (SSSR count). The average Bonchev–Trinajstić information content (AvgIpc) is 3.48. The number of benzene rings is 3. The Bertz CT molecular complexity index is 1550. The summed E-state index contributed by atoms with van der Waals surface area (Å²) in [7, 11) is -4.59. The molecule has 1 fully saturated rings. The van der Waals surface area contributed by atoms with Gasteiger partial charge in [0.1, 0.15) is 12.6 Å². The summed E-state index contributed by atoms with van der Waals surface area (Å²) in [4.78, 5) is 28.2. The lowest BCUT2D eigenvalue weighted by Crippen LogP contribution is -2.52. The fourth-order valence-electron chi connectivity index (χ4n) is 4.87. The van der Waals surface area contributed by atoms with Crippen molar-refractivity contribution in [2.75, 3.05) is 10.8 Å². The number of nitrogens with one attached hydrogen (secondary N) is 1. The molecule has 0 spiro atoms. The number of halogens is 5. The summed E-state index contributed by atoms with van der Waals surface area (Å²) in [6.45, 7) is 0.503. The molecule has 1 atom stereocenters. The lowest BCUT2D eigenvalue weighted by atomic mass is 10.1. The average molecular weight is 657 g/mol. The second-order valence-electron chi connectivity index (χ2n) is 10.3. The van der Waals surface area contributed by atoms with Gasteiger partial charge in [0, 0.05) is 17.6 Å². The van der Waals surface area contributed by atoms with Gasteiger partial charge in [-0.25, -0.2) is 8.42 Å². The Balaban J connectivity index is 1.75. The van der Waals surface area contributed by atoms with E-state index in [1.807, 2.05) is 0 Å². The number of carbonyl (C=O) groups excluding carboxylic acids is 2. The fraction of sp³-hybridized carbons (Fsp3) is 0.333. The van der Waals surface area contributed by atoms with Crippen LogP contribution in [0.1, 0.15) is 43.7 Å². The van der Waals surface area contributed by atoms with Crippen LogP contribution in [0.5, 0.6) is 0 Å². The van der Waals surface area contributed by atoms with Gasteiger partial charge in [0.25, 0.3) is 10.0 Å². The number of alkyl halides is 3. The molecular formula is C30H30Cl2F3N3O4S. The van der Waals surface area contributed by atoms with E-state index in [-0.39, 0.29) is 22.5 Å². The lowest BCUT2D eigenvalue weighted by molar-refractivity contribution is -0.139. The van der Waals surface area contributed by atoms with Gasteiger partial charge >= 0.3 is 6.18 Å². The molecule has 0 bridgehead atoms. The molecule has 3 aromatic rings. The minimum Gasteiger partial charge on any atom is -0.352 e. The topological polar surface area (TPSA) is 86.8 Å². The van der Waals surface area contributed by atoms with Crippen LogP contribution in [0, 0.1) is 0 Å². The second kappa shape index (κ2) is 13.6. The number of sulfonamides is 1. The standard InChI is InChI=1S/C30H30Cl2F3N3O4S/c1-20(29(40)36-24-7-5-6-8-24)37(18-21-11-14-23(31)15-12-21)28(39)19-38(43(41,42)25-9-3-2-4-10-25)27-17-22(30(33,34)35)13-16-26(27)32/h2-4,9-17,20,24H,5-8,18-19H2,1H3,(H,36,40)/t20-/m0/s1. The maximum Gasteiger partial charge on any atom is 0.416 e. The Kier molecular flexibility index (Phi) is 10.3. The Morgan fingerprint density at radius 1 is 0.977 bits per heavy atom. The lowest BCUT2D eigenvalue weighted by Gasteiger charge is -2.33. The zero-order chi connectivity index (χ0) is 31.4. The van der Waals surface area contributed by atoms with Gasteiger partial charge in [0.2, 0.25) is 11.8 Å². The molecule has 0 radical (unpaired) electrons. The molecule has 0 aromatic heterocycles. The minimum absolute atomic E-state index is 0.0405. The maximum absolute atomic E-state index is 14.0. The zero-order valence-electron chi connectivity index (χ0n) is 23.2. The van der Waals surface area contributed by atoms with E-state index in [1.54, 1.807) is 30.3 Å². The molecule has 0 saturated heterocycles. The first-order valence-electron chi connectivity index (χ1n) is 13.6. The number of anilines is 1. The third-order valence-corrected chi connectivity index (χ3v) is 9.63. The number of nitrogens with zero attached hydrogens (tertiary/aromatic N) is 2. The van der Waals surface area contributed by atoms with E-state index in [2.05, 4.69) is 5.32 Å². The highest BCUT2D eigenvalue weighted by Crippen LogP contribution is 2.37. The summed E-state index contributed by atoms with van der Waals surface area (Å²) in [6, 6.07) is 14.7. The van der Waals surface area contributed by atoms with Crippen molar-refractivity contribution >= 4 is 50.7 Å². The van der Waals surface area contributed by atoms with Crippen LogP contribution in [-0.2, 0) is 32.3 Å². The van der Waals surface area contributed by atoms with Crippen molar-refractivity contribution in [3.63, 3.8) is 0 Å². The van der Waals surface area contributed by atoms with E-state index < -0.39 is 51.9 Å². The summed E-state index contributed by atoms with van der Waals surface area (Å²) in [5, 5.41) is 3.09. The van der Waals surface area contributed by atoms with Gasteiger partial charge in [-0.2, -0.15) is 13.2 Å². The molecule has 43 heavy (non-hydrogen) atoms. The molecule has 1 aliphatic carbocycles. The van der Waals surface area contributed by atoms with E-state index >= 15 is 0 Å². The number of hydrogen-bond acceptors (Lipinski definition) is 4. The van der Waals surface area contributed by atoms with Gasteiger partial charge in [-0.3, -0.25) is 13.9 Å². The van der Waals surface area contributed by atoms with Crippen molar-refractivity contribution in [1.29, 1.82) is 0 Å². The van der Waals surface area contributed by atoms with Crippen LogP contribution >= 0.6 is 23.2 Å². The number of hydrogen-bond donors (Lipinski definition) is 1. The van der Waals surface area contributed by atoms with E-state index in [1.165, 1.54) is 36.1 Å². The minimum atomic E-state index is -4.81. The molecule has 0 heterocycles. The van der Waals surface area contributed by atoms with Crippen molar-refractivity contribution in [3.8, 4) is 0 Å². The summed E-state index contributed by atoms with van der Waals surface area (Å²) in [5.41, 5.74) is -1.06. The first-order chi connectivity index (χ1) is 20.3. The van der Waals surface area contributed by atoms with E-state index in [4.69, 9.17) is 23.2 Å². The highest BCUT2D eigenvalue weighted by molar-refractivity contribution is 7.92. The first-order valence-corrected chi connectivity index (χ1v) is 15.8. The quantitative estimate of drug-likeness (QED) is 0.264. The normalized spacial score (nSPS) is 14.7. The summed E-state index contributed by atoms with van der Waals surface area (Å²) < 4.78 is 69.3. The maximum atomic E-state index is 14.0. The van der Waals surface area contributed by atoms with E-state index in [0.29, 0.717) is 21.0 Å². The molecule has 2 amide bonds. The molecule has 230 valence electrons. The predicted octanol–water partition coefficient (Wildman–Crippen LogP) is 6.68. The third kappa shape index (κ3) is 8.01. The Morgan fingerprint density at radius 3 is 2.21 bits per heavy atom. The molecule has 1 N–H and O–H groups in total. The fourth-order valence-corrected chi connectivity index (χ4v) is 6.72. The summed E-state index contributed by atoms with van der Waals surface area (Å²) in [6.07, 6.45) is -1.26. The monoisotopic (exact) mass is 655 g/mol. The first kappa shape index (κ1) is 32.6. The van der Waals surface area contributed by atoms with Crippen molar-refractivity contribution in [3.05, 3.63) is 94.0 Å². The van der Waals surface area contributed by atoms with Crippen LogP contribution in [-0.4, -0.2) is 43.8 Å². The molecule has 7 nitrogen and oxygen atoms in total. The number of amides is 2. The Labute approximate surface area is 258 Å². The molecule has 0 unspecified atom stereocenters. The molecule has 1 aliphatic rings. The van der Waals surface area contributed by atoms with E-state index in [0.717, 1.165) is 37.8 Å². The Morgan fingerprint density at radius 2 is 1.60 bits per heavy atom. The van der Waals surface area contributed by atoms with Gasteiger partial charge in [-0.05, 0) is 67.8 Å². The number of carbonyl (C=O) groups is 2. The Hall–Kier alpha value is -3.28. The molecule has 1 saturated carbocycles. The SMILES string of the molecule is C[C@@H](C(=O)NC1CCCC1)N(Cc1ccc(Cl)cc1)C(=O)CN(c1cc(C(F)(F)F)ccc1Cl)S(=O)(=O)c1ccccc1. The highest BCUT2D eigenvalue weighted by atomic mass is 35.5. The number of rotatable bonds is 10. The van der Waals surface area contributed by atoms with Crippen molar-refractivity contribution in [2.45, 2.75) is 62.3 Å². The van der Waals surface area contributed by atoms with Crippen molar-refractivity contribution in [1.82, 2.24) is 10.2 Å². The molecule has 0 aliphatic heterocycles. The second-order valence-corrected chi connectivity index (χ2v) is 13.0. The smallest absolute Gasteiger partial charge is 0.352 e. The van der Waals surface area contributed by atoms with Crippen LogP contribution in [0.25, 0.3) is 0 Å². The van der Waals surface area contributed by atoms with Crippen LogP contribution < -0.4 is 9.62 Å². The molecular weight excluding hydrogens is 626 g/mol. The largest absolute Gasteiger partial charge is 0.416 e. The summed E-state index contributed by atoms with van der Waals surface area (Å²) in [5.74, 6) is -1.25. The van der Waals surface area contributed by atoms with Crippen molar-refractivity contribution < 1.29 is 31.2 Å². The van der Waals surface area contributed by atoms with Crippen LogP contribution in [0.2, 0.25) is 10.0 Å². The van der Waals surface area contributed by atoms with E-state index in [9.17, 15) is 31.2 Å². The van der Waals surface area contributed by atoms with Crippen LogP contribution in [0.4, 0.5) is 18.9 Å². The summed E-state index contributed by atoms with van der Waals surface area (Å²) >= 11 is 12.3. The third-order valence-electron chi connectivity index (χ3n) is 7.29. The van der Waals surface area contributed by atoms with Crippen LogP contribution in [0.15, 0.2) is 77.7 Å². The van der Waals surface area contributed by atoms with Crippen LogP contribution in [0.3, 0.4) is 0 Å². The van der Waals surface area contributed by atoms with Gasteiger partial charge in [0.15, 0.2) is 0 Å². The zero-order valence-corrected chi connectivity index (χ0v) is 25.5.